The molecule has 1 aliphatic rings. The Kier molecular flexibility index (Phi) is 6.04. The quantitative estimate of drug-likeness (QED) is 0.474. The van der Waals surface area contributed by atoms with Gasteiger partial charge >= 0.3 is 0 Å². The first-order valence-corrected chi connectivity index (χ1v) is 11.7. The van der Waals surface area contributed by atoms with Crippen LogP contribution in [0.4, 0.5) is 0 Å². The summed E-state index contributed by atoms with van der Waals surface area (Å²) >= 11 is 0. The summed E-state index contributed by atoms with van der Waals surface area (Å²) in [5.74, 6) is 0. The van der Waals surface area contributed by atoms with Gasteiger partial charge in [-0.05, 0) is 45.1 Å². The molecule has 0 amide bonds. The van der Waals surface area contributed by atoms with Gasteiger partial charge in [0.2, 0.25) is 0 Å². The highest BCUT2D eigenvalue weighted by molar-refractivity contribution is 6.90. The van der Waals surface area contributed by atoms with Crippen molar-refractivity contribution in [2.24, 2.45) is 0 Å². The maximum absolute atomic E-state index is 2.53. The van der Waals surface area contributed by atoms with Gasteiger partial charge in [0.1, 0.15) is 0 Å². The third-order valence-electron chi connectivity index (χ3n) is 4.77. The van der Waals surface area contributed by atoms with Gasteiger partial charge in [0.25, 0.3) is 0 Å². The van der Waals surface area contributed by atoms with Gasteiger partial charge in [0, 0.05) is 0 Å². The van der Waals surface area contributed by atoms with Crippen LogP contribution in [0.5, 0.6) is 0 Å². The van der Waals surface area contributed by atoms with Crippen molar-refractivity contribution in [2.45, 2.75) is 64.6 Å². The van der Waals surface area contributed by atoms with Crippen molar-refractivity contribution in [1.82, 2.24) is 0 Å². The summed E-state index contributed by atoms with van der Waals surface area (Å²) in [7, 11) is -1.37. The fourth-order valence-electron chi connectivity index (χ4n) is 3.46. The van der Waals surface area contributed by atoms with Crippen molar-refractivity contribution in [3.05, 3.63) is 53.6 Å². The molecule has 0 nitrogen and oxygen atoms in total. The Hall–Kier alpha value is -1.08. The molecular formula is C20H30Si. The Labute approximate surface area is 132 Å². The van der Waals surface area contributed by atoms with Crippen molar-refractivity contribution in [3.8, 4) is 0 Å². The largest absolute Gasteiger partial charge is 0.0913 e. The van der Waals surface area contributed by atoms with Crippen LogP contribution in [-0.4, -0.2) is 8.07 Å². The summed E-state index contributed by atoms with van der Waals surface area (Å²) < 4.78 is 0. The molecule has 1 fully saturated rings. The molecule has 1 aromatic rings. The molecule has 1 aromatic carbocycles. The summed E-state index contributed by atoms with van der Waals surface area (Å²) in [6, 6.07) is 12.5. The number of benzene rings is 1. The van der Waals surface area contributed by atoms with Gasteiger partial charge in [-0.2, -0.15) is 0 Å². The second-order valence-electron chi connectivity index (χ2n) is 6.97. The van der Waals surface area contributed by atoms with Crippen molar-refractivity contribution >= 4 is 13.3 Å². The van der Waals surface area contributed by atoms with Gasteiger partial charge in [-0.25, -0.2) is 0 Å². The maximum Gasteiger partial charge on any atom is 0.0846 e. The molecule has 1 heteroatoms. The van der Waals surface area contributed by atoms with E-state index in [0.717, 1.165) is 0 Å². The highest BCUT2D eigenvalue weighted by Crippen LogP contribution is 2.31. The summed E-state index contributed by atoms with van der Waals surface area (Å²) in [5.41, 5.74) is 3.55. The Balaban J connectivity index is 2.21. The van der Waals surface area contributed by atoms with Crippen LogP contribution in [0, 0.1) is 0 Å². The number of hydrogen-bond acceptors (Lipinski definition) is 0. The van der Waals surface area contributed by atoms with Crippen molar-refractivity contribution in [3.63, 3.8) is 0 Å². The molecule has 0 N–H and O–H groups in total. The molecule has 0 saturated heterocycles. The lowest BCUT2D eigenvalue weighted by Gasteiger charge is -2.27. The van der Waals surface area contributed by atoms with Crippen LogP contribution in [0.2, 0.25) is 19.1 Å². The molecule has 114 valence electrons. The van der Waals surface area contributed by atoms with Crippen LogP contribution in [-0.2, 0) is 0 Å². The minimum Gasteiger partial charge on any atom is -0.0913 e. The van der Waals surface area contributed by atoms with Crippen LogP contribution in [0.15, 0.2) is 53.6 Å². The normalized spacial score (nSPS) is 16.4. The van der Waals surface area contributed by atoms with Gasteiger partial charge < -0.3 is 0 Å². The average Bonchev–Trinajstić information content (AvgIpc) is 2.53. The Morgan fingerprint density at radius 1 is 1.05 bits per heavy atom. The third-order valence-corrected chi connectivity index (χ3v) is 7.97. The minimum absolute atomic E-state index is 1.18. The number of allylic oxidation sites excluding steroid dienone is 4. The predicted octanol–water partition coefficient (Wildman–Crippen LogP) is 5.83. The lowest BCUT2D eigenvalue weighted by atomic mass is 9.90. The van der Waals surface area contributed by atoms with Crippen molar-refractivity contribution in [2.75, 3.05) is 0 Å². The molecule has 0 spiro atoms. The van der Waals surface area contributed by atoms with E-state index in [1.165, 1.54) is 44.6 Å². The fourth-order valence-corrected chi connectivity index (χ4v) is 6.22. The molecule has 2 rings (SSSR count). The molecule has 0 heterocycles. The van der Waals surface area contributed by atoms with E-state index in [1.807, 2.05) is 0 Å². The number of hydrogen-bond donors (Lipinski definition) is 0. The van der Waals surface area contributed by atoms with Crippen molar-refractivity contribution in [1.29, 1.82) is 0 Å². The van der Waals surface area contributed by atoms with Crippen LogP contribution >= 0.6 is 0 Å². The van der Waals surface area contributed by atoms with Crippen LogP contribution in [0.1, 0.15) is 45.4 Å². The van der Waals surface area contributed by atoms with Gasteiger partial charge in [0.05, 0.1) is 8.07 Å². The third kappa shape index (κ3) is 4.71. The SMILES string of the molecule is C/C=C\CC(C[Si](C)(C)c1ccccc1)=C1CCCCC1. The first-order valence-electron chi connectivity index (χ1n) is 8.50. The van der Waals surface area contributed by atoms with Gasteiger partial charge in [-0.15, -0.1) is 0 Å². The average molecular weight is 299 g/mol. The van der Waals surface area contributed by atoms with E-state index in [1.54, 1.807) is 16.3 Å². The highest BCUT2D eigenvalue weighted by Gasteiger charge is 2.25. The van der Waals surface area contributed by atoms with Crippen LogP contribution in [0.25, 0.3) is 0 Å². The zero-order chi connectivity index (χ0) is 15.1. The van der Waals surface area contributed by atoms with E-state index in [9.17, 15) is 0 Å². The molecule has 0 radical (unpaired) electrons. The van der Waals surface area contributed by atoms with E-state index in [4.69, 9.17) is 0 Å². The Morgan fingerprint density at radius 2 is 1.71 bits per heavy atom. The van der Waals surface area contributed by atoms with E-state index in [0.29, 0.717) is 0 Å². The molecular weight excluding hydrogens is 268 g/mol. The molecule has 0 bridgehead atoms. The van der Waals surface area contributed by atoms with E-state index >= 15 is 0 Å². The lowest BCUT2D eigenvalue weighted by molar-refractivity contribution is 0.591. The molecule has 1 saturated carbocycles. The van der Waals surface area contributed by atoms with Crippen LogP contribution in [0.3, 0.4) is 0 Å². The fraction of sp³-hybridized carbons (Fsp3) is 0.500. The summed E-state index contributed by atoms with van der Waals surface area (Å²) in [5, 5.41) is 1.60. The molecule has 0 unspecified atom stereocenters. The molecule has 0 aromatic heterocycles. The standard InChI is InChI=1S/C20H30Si/c1-4-5-12-19(18-13-8-6-9-14-18)17-21(2,3)20-15-10-7-11-16-20/h4-5,7,10-11,15-16H,6,8-9,12-14,17H2,1-3H3/b5-4-. The topological polar surface area (TPSA) is 0 Å². The second kappa shape index (κ2) is 7.79. The summed E-state index contributed by atoms with van der Waals surface area (Å²) in [6.07, 6.45) is 12.7. The van der Waals surface area contributed by atoms with E-state index in [2.05, 4.69) is 62.5 Å². The van der Waals surface area contributed by atoms with Gasteiger partial charge in [0.15, 0.2) is 0 Å². The molecule has 0 atom stereocenters. The first kappa shape index (κ1) is 16.3. The Morgan fingerprint density at radius 3 is 2.33 bits per heavy atom. The number of rotatable bonds is 5. The summed E-state index contributed by atoms with van der Waals surface area (Å²) in [4.78, 5) is 0. The smallest absolute Gasteiger partial charge is 0.0846 e. The molecule has 0 aliphatic heterocycles. The summed E-state index contributed by atoms with van der Waals surface area (Å²) in [6.45, 7) is 7.20. The molecule has 21 heavy (non-hydrogen) atoms. The van der Waals surface area contributed by atoms with E-state index in [-0.39, 0.29) is 0 Å². The minimum atomic E-state index is -1.37. The van der Waals surface area contributed by atoms with Gasteiger partial charge in [-0.3, -0.25) is 0 Å². The maximum atomic E-state index is 2.53. The monoisotopic (exact) mass is 298 g/mol. The Bertz CT molecular complexity index is 486. The second-order valence-corrected chi connectivity index (χ2v) is 11.7. The first-order chi connectivity index (χ1) is 10.1. The van der Waals surface area contributed by atoms with E-state index < -0.39 is 8.07 Å². The van der Waals surface area contributed by atoms with Crippen molar-refractivity contribution < 1.29 is 0 Å². The highest BCUT2D eigenvalue weighted by atomic mass is 28.3. The van der Waals surface area contributed by atoms with Crippen LogP contribution < -0.4 is 5.19 Å². The lowest BCUT2D eigenvalue weighted by Crippen LogP contribution is -2.41. The predicted molar refractivity (Wildman–Crippen MR) is 97.9 cm³/mol. The molecule has 1 aliphatic carbocycles. The zero-order valence-corrected chi connectivity index (χ0v) is 15.0. The zero-order valence-electron chi connectivity index (χ0n) is 14.0. The van der Waals surface area contributed by atoms with Gasteiger partial charge in [-0.1, -0.05) is 78.3 Å².